The summed E-state index contributed by atoms with van der Waals surface area (Å²) in [6.45, 7) is 4.32. The van der Waals surface area contributed by atoms with Gasteiger partial charge in [0.1, 0.15) is 17.0 Å². The third-order valence-electron chi connectivity index (χ3n) is 5.99. The van der Waals surface area contributed by atoms with E-state index >= 15 is 0 Å². The van der Waals surface area contributed by atoms with Gasteiger partial charge in [0.25, 0.3) is 0 Å². The molecular weight excluding hydrogens is 374 g/mol. The summed E-state index contributed by atoms with van der Waals surface area (Å²) in [5.74, 6) is 1.86. The molecular formula is C25H25N3S. The third-order valence-corrected chi connectivity index (χ3v) is 7.00. The van der Waals surface area contributed by atoms with E-state index in [0.717, 1.165) is 29.7 Å². The largest absolute Gasteiger partial charge is 0.356 e. The number of thiophene rings is 1. The average molecular weight is 400 g/mol. The third kappa shape index (κ3) is 3.65. The van der Waals surface area contributed by atoms with E-state index in [1.54, 1.807) is 17.7 Å². The summed E-state index contributed by atoms with van der Waals surface area (Å²) < 4.78 is 0. The van der Waals surface area contributed by atoms with Crippen molar-refractivity contribution in [3.63, 3.8) is 0 Å². The lowest BCUT2D eigenvalue weighted by Crippen LogP contribution is -2.35. The molecule has 0 bridgehead atoms. The van der Waals surface area contributed by atoms with Crippen LogP contribution < -0.4 is 4.90 Å². The highest BCUT2D eigenvalue weighted by atomic mass is 32.1. The molecule has 0 atom stereocenters. The molecule has 29 heavy (non-hydrogen) atoms. The van der Waals surface area contributed by atoms with Gasteiger partial charge in [-0.25, -0.2) is 9.97 Å². The van der Waals surface area contributed by atoms with E-state index in [2.05, 4.69) is 77.5 Å². The Hall–Kier alpha value is -2.72. The summed E-state index contributed by atoms with van der Waals surface area (Å²) in [6.07, 6.45) is 5.34. The molecule has 5 rings (SSSR count). The molecule has 1 fully saturated rings. The first-order valence-electron chi connectivity index (χ1n) is 10.4. The van der Waals surface area contributed by atoms with Crippen molar-refractivity contribution in [1.29, 1.82) is 0 Å². The molecule has 2 aromatic heterocycles. The van der Waals surface area contributed by atoms with Gasteiger partial charge in [0.05, 0.1) is 5.39 Å². The number of piperidine rings is 1. The van der Waals surface area contributed by atoms with Gasteiger partial charge in [0.15, 0.2) is 0 Å². The molecule has 4 heteroatoms. The zero-order valence-corrected chi connectivity index (χ0v) is 17.5. The van der Waals surface area contributed by atoms with Crippen LogP contribution in [0.3, 0.4) is 0 Å². The number of hydrogen-bond donors (Lipinski definition) is 0. The van der Waals surface area contributed by atoms with Crippen molar-refractivity contribution in [2.24, 2.45) is 5.92 Å². The minimum Gasteiger partial charge on any atom is -0.356 e. The van der Waals surface area contributed by atoms with Crippen LogP contribution in [0.1, 0.15) is 23.3 Å². The first-order chi connectivity index (χ1) is 14.3. The number of anilines is 1. The molecule has 0 saturated carbocycles. The van der Waals surface area contributed by atoms with Crippen LogP contribution in [0, 0.1) is 12.8 Å². The Morgan fingerprint density at radius 1 is 0.931 bits per heavy atom. The second kappa shape index (κ2) is 7.96. The van der Waals surface area contributed by atoms with E-state index < -0.39 is 0 Å². The smallest absolute Gasteiger partial charge is 0.141 e. The fourth-order valence-electron chi connectivity index (χ4n) is 4.52. The summed E-state index contributed by atoms with van der Waals surface area (Å²) in [6, 6.07) is 21.6. The maximum Gasteiger partial charge on any atom is 0.141 e. The minimum absolute atomic E-state index is 0.754. The van der Waals surface area contributed by atoms with Gasteiger partial charge < -0.3 is 4.90 Å². The molecule has 0 N–H and O–H groups in total. The van der Waals surface area contributed by atoms with Crippen molar-refractivity contribution in [2.75, 3.05) is 18.0 Å². The van der Waals surface area contributed by atoms with Gasteiger partial charge in [0, 0.05) is 23.5 Å². The Kier molecular flexibility index (Phi) is 5.03. The number of hydrogen-bond acceptors (Lipinski definition) is 4. The Morgan fingerprint density at radius 2 is 1.62 bits per heavy atom. The van der Waals surface area contributed by atoms with Crippen molar-refractivity contribution >= 4 is 27.4 Å². The monoisotopic (exact) mass is 399 g/mol. The van der Waals surface area contributed by atoms with Crippen LogP contribution >= 0.6 is 11.3 Å². The van der Waals surface area contributed by atoms with Gasteiger partial charge in [-0.15, -0.1) is 11.3 Å². The summed E-state index contributed by atoms with van der Waals surface area (Å²) >= 11 is 1.78. The molecule has 1 saturated heterocycles. The van der Waals surface area contributed by atoms with E-state index in [1.165, 1.54) is 46.2 Å². The molecule has 1 aliphatic rings. The second-order valence-electron chi connectivity index (χ2n) is 7.90. The molecule has 146 valence electrons. The highest BCUT2D eigenvalue weighted by Crippen LogP contribution is 2.42. The summed E-state index contributed by atoms with van der Waals surface area (Å²) in [5.41, 5.74) is 4.01. The van der Waals surface area contributed by atoms with Gasteiger partial charge in [-0.3, -0.25) is 0 Å². The molecule has 3 heterocycles. The van der Waals surface area contributed by atoms with Crippen LogP contribution in [0.15, 0.2) is 67.0 Å². The molecule has 0 aliphatic carbocycles. The zero-order valence-electron chi connectivity index (χ0n) is 16.7. The van der Waals surface area contributed by atoms with E-state index in [9.17, 15) is 0 Å². The van der Waals surface area contributed by atoms with Crippen LogP contribution in [0.4, 0.5) is 5.82 Å². The van der Waals surface area contributed by atoms with Gasteiger partial charge in [-0.1, -0.05) is 60.7 Å². The normalized spacial score (nSPS) is 15.1. The molecule has 0 spiro atoms. The molecule has 0 amide bonds. The predicted octanol–water partition coefficient (Wildman–Crippen LogP) is 6.13. The molecule has 2 aromatic carbocycles. The number of aromatic nitrogens is 2. The molecule has 1 aliphatic heterocycles. The molecule has 4 aromatic rings. The van der Waals surface area contributed by atoms with E-state index in [0.29, 0.717) is 0 Å². The Morgan fingerprint density at radius 3 is 2.34 bits per heavy atom. The molecule has 0 unspecified atom stereocenters. The SMILES string of the molecule is Cc1sc2ncnc(N3CCC(Cc4ccccc4)CC3)c2c1-c1ccccc1. The van der Waals surface area contributed by atoms with Crippen molar-refractivity contribution in [1.82, 2.24) is 9.97 Å². The Labute approximate surface area is 176 Å². The Balaban J connectivity index is 1.43. The maximum absolute atomic E-state index is 4.76. The van der Waals surface area contributed by atoms with Crippen molar-refractivity contribution in [2.45, 2.75) is 26.2 Å². The van der Waals surface area contributed by atoms with Gasteiger partial charge in [-0.05, 0) is 43.2 Å². The summed E-state index contributed by atoms with van der Waals surface area (Å²) in [4.78, 5) is 14.2. The predicted molar refractivity (Wildman–Crippen MR) is 123 cm³/mol. The van der Waals surface area contributed by atoms with Crippen molar-refractivity contribution in [3.8, 4) is 11.1 Å². The quantitative estimate of drug-likeness (QED) is 0.413. The Bertz CT molecular complexity index is 1100. The molecule has 3 nitrogen and oxygen atoms in total. The highest BCUT2D eigenvalue weighted by molar-refractivity contribution is 7.19. The van der Waals surface area contributed by atoms with Gasteiger partial charge in [0.2, 0.25) is 0 Å². The lowest BCUT2D eigenvalue weighted by Gasteiger charge is -2.33. The van der Waals surface area contributed by atoms with Gasteiger partial charge >= 0.3 is 0 Å². The van der Waals surface area contributed by atoms with E-state index in [-0.39, 0.29) is 0 Å². The van der Waals surface area contributed by atoms with Gasteiger partial charge in [-0.2, -0.15) is 0 Å². The zero-order chi connectivity index (χ0) is 19.6. The fraction of sp³-hybridized carbons (Fsp3) is 0.280. The number of aryl methyl sites for hydroxylation is 1. The van der Waals surface area contributed by atoms with Crippen LogP contribution in [0.2, 0.25) is 0 Å². The number of fused-ring (bicyclic) bond motifs is 1. The van der Waals surface area contributed by atoms with Crippen molar-refractivity contribution in [3.05, 3.63) is 77.4 Å². The number of benzene rings is 2. The first-order valence-corrected chi connectivity index (χ1v) is 11.2. The topological polar surface area (TPSA) is 29.0 Å². The average Bonchev–Trinajstić information content (AvgIpc) is 3.11. The fourth-order valence-corrected chi connectivity index (χ4v) is 5.52. The lowest BCUT2D eigenvalue weighted by atomic mass is 9.90. The highest BCUT2D eigenvalue weighted by Gasteiger charge is 2.24. The lowest BCUT2D eigenvalue weighted by molar-refractivity contribution is 0.403. The van der Waals surface area contributed by atoms with Crippen LogP contribution in [0.5, 0.6) is 0 Å². The summed E-state index contributed by atoms with van der Waals surface area (Å²) in [7, 11) is 0. The number of rotatable bonds is 4. The number of nitrogens with zero attached hydrogens (tertiary/aromatic N) is 3. The van der Waals surface area contributed by atoms with E-state index in [1.807, 2.05) is 0 Å². The standard InChI is InChI=1S/C25H25N3S/c1-18-22(21-10-6-3-7-11-21)23-24(26-17-27-25(23)29-18)28-14-12-20(13-15-28)16-19-8-4-2-5-9-19/h2-11,17,20H,12-16H2,1H3. The first kappa shape index (κ1) is 18.3. The summed E-state index contributed by atoms with van der Waals surface area (Å²) in [5, 5.41) is 1.22. The second-order valence-corrected chi connectivity index (χ2v) is 9.10. The van der Waals surface area contributed by atoms with Crippen molar-refractivity contribution < 1.29 is 0 Å². The van der Waals surface area contributed by atoms with Crippen LogP contribution in [0.25, 0.3) is 21.3 Å². The van der Waals surface area contributed by atoms with E-state index in [4.69, 9.17) is 4.98 Å². The van der Waals surface area contributed by atoms with Crippen LogP contribution in [-0.2, 0) is 6.42 Å². The maximum atomic E-state index is 4.76. The van der Waals surface area contributed by atoms with Crippen LogP contribution in [-0.4, -0.2) is 23.1 Å². The molecule has 0 radical (unpaired) electrons. The minimum atomic E-state index is 0.754.